The summed E-state index contributed by atoms with van der Waals surface area (Å²) in [5.41, 5.74) is 0.604. The van der Waals surface area contributed by atoms with Crippen LogP contribution in [0.4, 0.5) is 0 Å². The lowest BCUT2D eigenvalue weighted by Gasteiger charge is -2.41. The van der Waals surface area contributed by atoms with Gasteiger partial charge in [-0.05, 0) is 44.8 Å². The van der Waals surface area contributed by atoms with Crippen molar-refractivity contribution in [3.05, 3.63) is 11.8 Å². The summed E-state index contributed by atoms with van der Waals surface area (Å²) < 4.78 is 17.0. The lowest BCUT2D eigenvalue weighted by Crippen LogP contribution is -2.48. The summed E-state index contributed by atoms with van der Waals surface area (Å²) in [5.74, 6) is -0.338. The van der Waals surface area contributed by atoms with Gasteiger partial charge in [0.2, 0.25) is 0 Å². The van der Waals surface area contributed by atoms with E-state index in [4.69, 9.17) is 13.9 Å². The average Bonchev–Trinajstić information content (AvgIpc) is 3.00. The first-order valence-corrected chi connectivity index (χ1v) is 12.0. The molecular formula is C19H37NO4Si. The first kappa shape index (κ1) is 22.2. The quantitative estimate of drug-likeness (QED) is 0.385. The van der Waals surface area contributed by atoms with Crippen molar-refractivity contribution in [1.29, 1.82) is 0 Å². The number of nitrogens with zero attached hydrogens (tertiary/aromatic N) is 1. The topological polar surface area (TPSA) is 48.0 Å². The Morgan fingerprint density at radius 3 is 2.28 bits per heavy atom. The monoisotopic (exact) mass is 371 g/mol. The predicted octanol–water partition coefficient (Wildman–Crippen LogP) is 3.95. The summed E-state index contributed by atoms with van der Waals surface area (Å²) in [7, 11) is 1.24. The fourth-order valence-corrected chi connectivity index (χ4v) is 3.78. The van der Waals surface area contributed by atoms with E-state index in [2.05, 4.69) is 52.6 Å². The third kappa shape index (κ3) is 5.56. The van der Waals surface area contributed by atoms with Crippen LogP contribution in [0, 0.1) is 0 Å². The Morgan fingerprint density at radius 2 is 1.80 bits per heavy atom. The van der Waals surface area contributed by atoms with Gasteiger partial charge in [-0.1, -0.05) is 20.8 Å². The molecule has 0 N–H and O–H groups in total. The van der Waals surface area contributed by atoms with Gasteiger partial charge < -0.3 is 18.8 Å². The van der Waals surface area contributed by atoms with E-state index in [0.29, 0.717) is 6.61 Å². The van der Waals surface area contributed by atoms with Crippen molar-refractivity contribution < 1.29 is 18.7 Å². The van der Waals surface area contributed by atoms with E-state index >= 15 is 0 Å². The highest BCUT2D eigenvalue weighted by Crippen LogP contribution is 2.38. The minimum Gasteiger partial charge on any atom is -0.466 e. The van der Waals surface area contributed by atoms with Gasteiger partial charge in [-0.25, -0.2) is 4.79 Å². The van der Waals surface area contributed by atoms with E-state index in [-0.39, 0.29) is 22.7 Å². The summed E-state index contributed by atoms with van der Waals surface area (Å²) in [6.45, 7) is 16.6. The van der Waals surface area contributed by atoms with E-state index in [1.165, 1.54) is 7.11 Å². The van der Waals surface area contributed by atoms with E-state index < -0.39 is 8.32 Å². The molecule has 1 fully saturated rings. The Hall–Kier alpha value is -0.853. The molecule has 1 rings (SSSR count). The number of carbonyl (C=O) groups is 1. The maximum atomic E-state index is 11.9. The van der Waals surface area contributed by atoms with Gasteiger partial charge in [0.25, 0.3) is 0 Å². The number of methoxy groups -OCH3 is 2. The SMILES string of the molecule is COC(=O)/C=C(\CO[Si](C)(C)C(C)(C)C)N1CCC[C@H]1C(C)(C)OC. The fourth-order valence-electron chi connectivity index (χ4n) is 2.84. The van der Waals surface area contributed by atoms with Crippen LogP contribution in [-0.4, -0.2) is 58.2 Å². The molecule has 0 radical (unpaired) electrons. The van der Waals surface area contributed by atoms with Gasteiger partial charge in [-0.15, -0.1) is 0 Å². The minimum atomic E-state index is -1.91. The molecule has 1 heterocycles. The van der Waals surface area contributed by atoms with Crippen LogP contribution in [0.2, 0.25) is 18.1 Å². The summed E-state index contributed by atoms with van der Waals surface area (Å²) in [5, 5.41) is 0.125. The lowest BCUT2D eigenvalue weighted by atomic mass is 9.96. The summed E-state index contributed by atoms with van der Waals surface area (Å²) in [4.78, 5) is 14.2. The minimum absolute atomic E-state index is 0.125. The standard InChI is InChI=1S/C19H37NO4Si/c1-18(2,3)25(8,9)24-14-15(13-17(21)22-6)20-12-10-11-16(20)19(4,5)23-7/h13,16H,10-12,14H2,1-9H3/b15-13+/t16-/m0/s1. The summed E-state index contributed by atoms with van der Waals surface area (Å²) in [6, 6.07) is 0.219. The zero-order valence-electron chi connectivity index (χ0n) is 17.6. The third-order valence-electron chi connectivity index (χ3n) is 5.82. The van der Waals surface area contributed by atoms with Crippen molar-refractivity contribution in [3.63, 3.8) is 0 Å². The molecule has 1 aliphatic rings. The molecule has 0 bridgehead atoms. The highest BCUT2D eigenvalue weighted by atomic mass is 28.4. The van der Waals surface area contributed by atoms with E-state index in [0.717, 1.165) is 25.1 Å². The number of likely N-dealkylation sites (tertiary alicyclic amines) is 1. The van der Waals surface area contributed by atoms with Gasteiger partial charge >= 0.3 is 5.97 Å². The van der Waals surface area contributed by atoms with Gasteiger partial charge in [-0.3, -0.25) is 0 Å². The molecule has 5 nitrogen and oxygen atoms in total. The van der Waals surface area contributed by atoms with Crippen LogP contribution in [-0.2, 0) is 18.7 Å². The molecule has 0 aliphatic carbocycles. The van der Waals surface area contributed by atoms with Crippen LogP contribution in [0.3, 0.4) is 0 Å². The van der Waals surface area contributed by atoms with Crippen LogP contribution in [0.1, 0.15) is 47.5 Å². The maximum absolute atomic E-state index is 11.9. The van der Waals surface area contributed by atoms with Crippen molar-refractivity contribution in [3.8, 4) is 0 Å². The second kappa shape index (κ2) is 8.23. The lowest BCUT2D eigenvalue weighted by molar-refractivity contribution is -0.135. The molecule has 0 aromatic carbocycles. The Balaban J connectivity index is 3.06. The van der Waals surface area contributed by atoms with Crippen molar-refractivity contribution in [2.45, 2.75) is 77.2 Å². The molecule has 0 unspecified atom stereocenters. The number of rotatable bonds is 7. The van der Waals surface area contributed by atoms with Crippen molar-refractivity contribution in [2.75, 3.05) is 27.4 Å². The number of ether oxygens (including phenoxy) is 2. The zero-order chi connectivity index (χ0) is 19.5. The molecule has 0 aromatic rings. The van der Waals surface area contributed by atoms with Gasteiger partial charge in [0, 0.05) is 25.4 Å². The fraction of sp³-hybridized carbons (Fsp3) is 0.842. The highest BCUT2D eigenvalue weighted by Gasteiger charge is 2.41. The molecule has 0 amide bonds. The Morgan fingerprint density at radius 1 is 1.20 bits per heavy atom. The number of hydrogen-bond acceptors (Lipinski definition) is 5. The van der Waals surface area contributed by atoms with Crippen molar-refractivity contribution in [1.82, 2.24) is 4.90 Å². The second-order valence-corrected chi connectivity index (χ2v) is 13.7. The second-order valence-electron chi connectivity index (χ2n) is 8.87. The highest BCUT2D eigenvalue weighted by molar-refractivity contribution is 6.74. The van der Waals surface area contributed by atoms with Crippen LogP contribution in [0.15, 0.2) is 11.8 Å². The molecule has 1 saturated heterocycles. The van der Waals surface area contributed by atoms with E-state index in [1.807, 2.05) is 0 Å². The molecule has 146 valence electrons. The van der Waals surface area contributed by atoms with E-state index in [1.54, 1.807) is 13.2 Å². The summed E-state index contributed by atoms with van der Waals surface area (Å²) in [6.07, 6.45) is 3.70. The Labute approximate surface area is 154 Å². The van der Waals surface area contributed by atoms with Crippen LogP contribution < -0.4 is 0 Å². The Kier molecular flexibility index (Phi) is 7.30. The molecular weight excluding hydrogens is 334 g/mol. The number of esters is 1. The number of carbonyl (C=O) groups excluding carboxylic acids is 1. The van der Waals surface area contributed by atoms with Gasteiger partial charge in [0.15, 0.2) is 8.32 Å². The molecule has 1 atom stereocenters. The predicted molar refractivity (Wildman–Crippen MR) is 104 cm³/mol. The first-order chi connectivity index (χ1) is 11.4. The molecule has 0 aromatic heterocycles. The molecule has 0 spiro atoms. The normalized spacial score (nSPS) is 20.1. The smallest absolute Gasteiger partial charge is 0.332 e. The zero-order valence-corrected chi connectivity index (χ0v) is 18.6. The van der Waals surface area contributed by atoms with Crippen LogP contribution in [0.5, 0.6) is 0 Å². The van der Waals surface area contributed by atoms with Crippen molar-refractivity contribution >= 4 is 14.3 Å². The summed E-state index contributed by atoms with van der Waals surface area (Å²) >= 11 is 0. The maximum Gasteiger partial charge on any atom is 0.332 e. The molecule has 1 aliphatic heterocycles. The largest absolute Gasteiger partial charge is 0.466 e. The molecule has 0 saturated carbocycles. The average molecular weight is 372 g/mol. The van der Waals surface area contributed by atoms with Crippen LogP contribution in [0.25, 0.3) is 0 Å². The van der Waals surface area contributed by atoms with Gasteiger partial charge in [0.05, 0.1) is 25.4 Å². The first-order valence-electron chi connectivity index (χ1n) is 9.10. The van der Waals surface area contributed by atoms with Gasteiger partial charge in [0.1, 0.15) is 0 Å². The van der Waals surface area contributed by atoms with Crippen LogP contribution >= 0.6 is 0 Å². The van der Waals surface area contributed by atoms with Gasteiger partial charge in [-0.2, -0.15) is 0 Å². The van der Waals surface area contributed by atoms with E-state index in [9.17, 15) is 4.79 Å². The third-order valence-corrected chi connectivity index (χ3v) is 10.3. The Bertz CT molecular complexity index is 494. The van der Waals surface area contributed by atoms with Crippen molar-refractivity contribution in [2.24, 2.45) is 0 Å². The molecule has 6 heteroatoms. The molecule has 25 heavy (non-hydrogen) atoms. The number of hydrogen-bond donors (Lipinski definition) is 0.